The molecule has 2 rings (SSSR count). The van der Waals surface area contributed by atoms with E-state index < -0.39 is 0 Å². The summed E-state index contributed by atoms with van der Waals surface area (Å²) in [7, 11) is 0. The number of nitrogens with zero attached hydrogens (tertiary/aromatic N) is 1. The molecule has 1 aliphatic heterocycles. The number of furan rings is 1. The molecule has 2 amide bonds. The van der Waals surface area contributed by atoms with Crippen LogP contribution in [-0.4, -0.2) is 29.3 Å². The van der Waals surface area contributed by atoms with Crippen LogP contribution < -0.4 is 11.5 Å². The number of piperidine rings is 1. The summed E-state index contributed by atoms with van der Waals surface area (Å²) in [5.74, 6) is -0.00841. The van der Waals surface area contributed by atoms with Crippen LogP contribution in [0.4, 0.5) is 0 Å². The third kappa shape index (κ3) is 2.78. The van der Waals surface area contributed by atoms with Gasteiger partial charge in [0.05, 0.1) is 12.5 Å². The summed E-state index contributed by atoms with van der Waals surface area (Å²) in [6, 6.07) is 3.38. The van der Waals surface area contributed by atoms with Crippen molar-refractivity contribution in [3.8, 4) is 0 Å². The van der Waals surface area contributed by atoms with Crippen LogP contribution >= 0.6 is 0 Å². The molecular formula is C13H19N3O3. The molecule has 1 aromatic rings. The Morgan fingerprint density at radius 3 is 2.74 bits per heavy atom. The number of hydrogen-bond donors (Lipinski definition) is 2. The van der Waals surface area contributed by atoms with Crippen molar-refractivity contribution in [1.82, 2.24) is 4.90 Å². The molecule has 4 N–H and O–H groups in total. The molecule has 1 aromatic heterocycles. The number of rotatable bonds is 3. The topological polar surface area (TPSA) is 103 Å². The van der Waals surface area contributed by atoms with E-state index in [0.29, 0.717) is 12.3 Å². The summed E-state index contributed by atoms with van der Waals surface area (Å²) >= 11 is 0. The first-order valence-electron chi connectivity index (χ1n) is 6.42. The third-order valence-corrected chi connectivity index (χ3v) is 3.62. The Morgan fingerprint density at radius 1 is 1.42 bits per heavy atom. The second kappa shape index (κ2) is 5.44. The molecule has 2 atom stereocenters. The van der Waals surface area contributed by atoms with E-state index in [2.05, 4.69) is 0 Å². The minimum absolute atomic E-state index is 0.0783. The Hall–Kier alpha value is -1.82. The molecule has 0 radical (unpaired) electrons. The van der Waals surface area contributed by atoms with Crippen molar-refractivity contribution in [3.63, 3.8) is 0 Å². The highest BCUT2D eigenvalue weighted by atomic mass is 16.4. The molecule has 0 bridgehead atoms. The average Bonchev–Trinajstić information content (AvgIpc) is 2.87. The van der Waals surface area contributed by atoms with Gasteiger partial charge in [-0.3, -0.25) is 9.59 Å². The first-order valence-corrected chi connectivity index (χ1v) is 6.42. The summed E-state index contributed by atoms with van der Waals surface area (Å²) < 4.78 is 5.36. The second-order valence-corrected chi connectivity index (χ2v) is 4.95. The van der Waals surface area contributed by atoms with Crippen molar-refractivity contribution >= 4 is 11.8 Å². The zero-order valence-corrected chi connectivity index (χ0v) is 11.0. The number of likely N-dealkylation sites (tertiary alicyclic amines) is 1. The molecule has 2 unspecified atom stereocenters. The van der Waals surface area contributed by atoms with Crippen LogP contribution in [-0.2, 0) is 11.3 Å². The first-order chi connectivity index (χ1) is 9.02. The molecule has 1 fully saturated rings. The monoisotopic (exact) mass is 265 g/mol. The average molecular weight is 265 g/mol. The predicted octanol–water partition coefficient (Wildman–Crippen LogP) is 0.464. The number of carbonyl (C=O) groups excluding carboxylic acids is 2. The predicted molar refractivity (Wildman–Crippen MR) is 69.0 cm³/mol. The zero-order chi connectivity index (χ0) is 14.0. The lowest BCUT2D eigenvalue weighted by atomic mass is 9.93. The van der Waals surface area contributed by atoms with Gasteiger partial charge in [-0.1, -0.05) is 0 Å². The highest BCUT2D eigenvalue weighted by Gasteiger charge is 2.33. The molecule has 6 heteroatoms. The summed E-state index contributed by atoms with van der Waals surface area (Å²) in [5.41, 5.74) is 10.8. The summed E-state index contributed by atoms with van der Waals surface area (Å²) in [6.07, 6.45) is 1.50. The number of hydrogen-bond acceptors (Lipinski definition) is 4. The lowest BCUT2D eigenvalue weighted by Crippen LogP contribution is -2.48. The van der Waals surface area contributed by atoms with E-state index in [1.807, 2.05) is 6.92 Å². The van der Waals surface area contributed by atoms with Crippen molar-refractivity contribution in [3.05, 3.63) is 23.7 Å². The fraction of sp³-hybridized carbons (Fsp3) is 0.538. The summed E-state index contributed by atoms with van der Waals surface area (Å²) in [5, 5.41) is 0. The smallest absolute Gasteiger partial charge is 0.289 e. The molecule has 104 valence electrons. The maximum atomic E-state index is 12.3. The van der Waals surface area contributed by atoms with Crippen LogP contribution in [0.3, 0.4) is 0 Å². The zero-order valence-electron chi connectivity index (χ0n) is 11.0. The molecule has 0 spiro atoms. The van der Waals surface area contributed by atoms with Gasteiger partial charge in [-0.2, -0.15) is 0 Å². The van der Waals surface area contributed by atoms with Crippen LogP contribution in [0.25, 0.3) is 0 Å². The van der Waals surface area contributed by atoms with Gasteiger partial charge < -0.3 is 20.8 Å². The van der Waals surface area contributed by atoms with E-state index in [1.54, 1.807) is 17.0 Å². The Bertz CT molecular complexity index is 483. The maximum absolute atomic E-state index is 12.3. The maximum Gasteiger partial charge on any atom is 0.289 e. The fourth-order valence-corrected chi connectivity index (χ4v) is 2.37. The normalized spacial score (nSPS) is 23.4. The van der Waals surface area contributed by atoms with Crippen molar-refractivity contribution in [2.75, 3.05) is 6.54 Å². The van der Waals surface area contributed by atoms with Crippen molar-refractivity contribution in [2.24, 2.45) is 17.4 Å². The molecule has 6 nitrogen and oxygen atoms in total. The molecule has 2 heterocycles. The van der Waals surface area contributed by atoms with Crippen LogP contribution in [0.1, 0.15) is 36.1 Å². The lowest BCUT2D eigenvalue weighted by Gasteiger charge is -2.36. The SMILES string of the molecule is CC1CCC(C(N)=O)CN1C(=O)c1ccc(CN)o1. The number of amides is 2. The Balaban J connectivity index is 2.14. The van der Waals surface area contributed by atoms with Crippen LogP contribution in [0.2, 0.25) is 0 Å². The van der Waals surface area contributed by atoms with Gasteiger partial charge in [-0.15, -0.1) is 0 Å². The third-order valence-electron chi connectivity index (χ3n) is 3.62. The van der Waals surface area contributed by atoms with Gasteiger partial charge in [-0.05, 0) is 31.9 Å². The minimum Gasteiger partial charge on any atom is -0.455 e. The van der Waals surface area contributed by atoms with Crippen LogP contribution in [0.15, 0.2) is 16.5 Å². The van der Waals surface area contributed by atoms with E-state index in [1.165, 1.54) is 0 Å². The Kier molecular flexibility index (Phi) is 3.90. The number of primary amides is 1. The standard InChI is InChI=1S/C13H19N3O3/c1-8-2-3-9(12(15)17)7-16(8)13(18)11-5-4-10(6-14)19-11/h4-5,8-9H,2-3,6-7,14H2,1H3,(H2,15,17). The van der Waals surface area contributed by atoms with Gasteiger partial charge >= 0.3 is 0 Å². The van der Waals surface area contributed by atoms with E-state index in [0.717, 1.165) is 12.8 Å². The molecule has 1 saturated heterocycles. The quantitative estimate of drug-likeness (QED) is 0.828. The van der Waals surface area contributed by atoms with Gasteiger partial charge in [-0.25, -0.2) is 0 Å². The molecule has 1 aliphatic rings. The molecule has 0 aromatic carbocycles. The lowest BCUT2D eigenvalue weighted by molar-refractivity contribution is -0.123. The molecule has 19 heavy (non-hydrogen) atoms. The minimum atomic E-state index is -0.355. The van der Waals surface area contributed by atoms with Gasteiger partial charge in [0, 0.05) is 12.6 Å². The number of nitrogens with two attached hydrogens (primary N) is 2. The molecule has 0 aliphatic carbocycles. The van der Waals surface area contributed by atoms with Crippen molar-refractivity contribution in [1.29, 1.82) is 0 Å². The van der Waals surface area contributed by atoms with Gasteiger partial charge in [0.15, 0.2) is 5.76 Å². The van der Waals surface area contributed by atoms with E-state index in [9.17, 15) is 9.59 Å². The largest absolute Gasteiger partial charge is 0.455 e. The van der Waals surface area contributed by atoms with E-state index >= 15 is 0 Å². The number of carbonyl (C=O) groups is 2. The molecule has 0 saturated carbocycles. The van der Waals surface area contributed by atoms with E-state index in [-0.39, 0.29) is 36.1 Å². The van der Waals surface area contributed by atoms with Gasteiger partial charge in [0.25, 0.3) is 5.91 Å². The van der Waals surface area contributed by atoms with Crippen LogP contribution in [0.5, 0.6) is 0 Å². The Morgan fingerprint density at radius 2 is 2.16 bits per heavy atom. The molecular weight excluding hydrogens is 246 g/mol. The highest BCUT2D eigenvalue weighted by molar-refractivity contribution is 5.92. The van der Waals surface area contributed by atoms with Gasteiger partial charge in [0.1, 0.15) is 5.76 Å². The second-order valence-electron chi connectivity index (χ2n) is 4.95. The van der Waals surface area contributed by atoms with Gasteiger partial charge in [0.2, 0.25) is 5.91 Å². The highest BCUT2D eigenvalue weighted by Crippen LogP contribution is 2.24. The first kappa shape index (κ1) is 13.6. The van der Waals surface area contributed by atoms with Crippen molar-refractivity contribution < 1.29 is 14.0 Å². The van der Waals surface area contributed by atoms with E-state index in [4.69, 9.17) is 15.9 Å². The fourth-order valence-electron chi connectivity index (χ4n) is 2.37. The Labute approximate surface area is 111 Å². The van der Waals surface area contributed by atoms with Crippen molar-refractivity contribution in [2.45, 2.75) is 32.4 Å². The summed E-state index contributed by atoms with van der Waals surface area (Å²) in [4.78, 5) is 25.3. The van der Waals surface area contributed by atoms with Crippen LogP contribution in [0, 0.1) is 5.92 Å². The summed E-state index contributed by atoms with van der Waals surface area (Å²) in [6.45, 7) is 2.57.